The molecule has 0 fully saturated rings. The molecule has 0 saturated carbocycles. The van der Waals surface area contributed by atoms with Gasteiger partial charge in [0.15, 0.2) is 0 Å². The molecule has 0 aliphatic rings. The summed E-state index contributed by atoms with van der Waals surface area (Å²) in [4.78, 5) is 5.73. The number of hydrogen-bond donors (Lipinski definition) is 2. The number of rotatable bonds is 4. The van der Waals surface area contributed by atoms with Crippen molar-refractivity contribution in [2.75, 3.05) is 5.43 Å². The molecule has 0 amide bonds. The maximum Gasteiger partial charge on any atom is 0.204 e. The summed E-state index contributed by atoms with van der Waals surface area (Å²) in [5.41, 5.74) is 5.90. The van der Waals surface area contributed by atoms with Crippen LogP contribution in [0.15, 0.2) is 58.1 Å². The summed E-state index contributed by atoms with van der Waals surface area (Å²) in [6.45, 7) is 2.05. The highest BCUT2D eigenvalue weighted by Gasteiger charge is 2.08. The van der Waals surface area contributed by atoms with Gasteiger partial charge in [-0.15, -0.1) is 11.3 Å². The van der Waals surface area contributed by atoms with Crippen LogP contribution in [0.2, 0.25) is 0 Å². The van der Waals surface area contributed by atoms with Gasteiger partial charge in [0, 0.05) is 10.4 Å². The van der Waals surface area contributed by atoms with Gasteiger partial charge in [0.25, 0.3) is 0 Å². The molecule has 2 N–H and O–H groups in total. The minimum absolute atomic E-state index is 0.207. The first-order valence-corrected chi connectivity index (χ1v) is 8.55. The number of nitrogens with zero attached hydrogens (tertiary/aromatic N) is 2. The summed E-state index contributed by atoms with van der Waals surface area (Å²) < 4.78 is 0.637. The second-order valence-corrected chi connectivity index (χ2v) is 6.93. The lowest BCUT2D eigenvalue weighted by molar-refractivity contribution is 0.472. The molecule has 0 saturated heterocycles. The molecule has 3 aromatic rings. The topological polar surface area (TPSA) is 57.5 Å². The minimum atomic E-state index is 0.207. The smallest absolute Gasteiger partial charge is 0.204 e. The molecule has 0 atom stereocenters. The first-order valence-electron chi connectivity index (χ1n) is 6.94. The molecule has 0 bridgehead atoms. The van der Waals surface area contributed by atoms with Crippen molar-refractivity contribution >= 4 is 38.6 Å². The molecule has 1 heterocycles. The van der Waals surface area contributed by atoms with Gasteiger partial charge in [-0.1, -0.05) is 30.3 Å². The third kappa shape index (κ3) is 3.78. The van der Waals surface area contributed by atoms with Crippen LogP contribution in [-0.2, 0) is 0 Å². The van der Waals surface area contributed by atoms with Crippen molar-refractivity contribution < 1.29 is 5.11 Å². The lowest BCUT2D eigenvalue weighted by Gasteiger charge is -1.98. The van der Waals surface area contributed by atoms with E-state index in [9.17, 15) is 5.11 Å². The van der Waals surface area contributed by atoms with E-state index >= 15 is 0 Å². The molecule has 0 radical (unpaired) electrons. The van der Waals surface area contributed by atoms with Crippen LogP contribution in [0.25, 0.3) is 11.3 Å². The summed E-state index contributed by atoms with van der Waals surface area (Å²) in [7, 11) is 0. The Kier molecular flexibility index (Phi) is 4.73. The Balaban J connectivity index is 1.74. The predicted octanol–water partition coefficient (Wildman–Crippen LogP) is 5.03. The molecule has 0 aliphatic heterocycles. The van der Waals surface area contributed by atoms with Gasteiger partial charge in [-0.05, 0) is 46.6 Å². The monoisotopic (exact) mass is 387 g/mol. The SMILES string of the molecule is Cc1sc(N/N=C\c2ccc(O)c(Br)c2)nc1-c1ccccc1. The normalized spacial score (nSPS) is 11.0. The number of benzene rings is 2. The maximum atomic E-state index is 9.47. The molecular weight excluding hydrogens is 374 g/mol. The number of aryl methyl sites for hydroxylation is 1. The van der Waals surface area contributed by atoms with Crippen LogP contribution in [-0.4, -0.2) is 16.3 Å². The Morgan fingerprint density at radius 2 is 2.00 bits per heavy atom. The number of phenols is 1. The van der Waals surface area contributed by atoms with Gasteiger partial charge in [-0.3, -0.25) is 5.43 Å². The molecule has 0 aliphatic carbocycles. The summed E-state index contributed by atoms with van der Waals surface area (Å²) in [6.07, 6.45) is 1.68. The molecule has 4 nitrogen and oxygen atoms in total. The molecular formula is C17H14BrN3OS. The fraction of sp³-hybridized carbons (Fsp3) is 0.0588. The van der Waals surface area contributed by atoms with E-state index in [1.807, 2.05) is 37.3 Å². The number of halogens is 1. The zero-order valence-electron chi connectivity index (χ0n) is 12.3. The Morgan fingerprint density at radius 1 is 1.22 bits per heavy atom. The lowest BCUT2D eigenvalue weighted by atomic mass is 10.1. The number of anilines is 1. The van der Waals surface area contributed by atoms with Gasteiger partial charge >= 0.3 is 0 Å². The van der Waals surface area contributed by atoms with Crippen molar-refractivity contribution in [1.82, 2.24) is 4.98 Å². The van der Waals surface area contributed by atoms with Crippen LogP contribution in [0, 0.1) is 6.92 Å². The Hall–Kier alpha value is -2.18. The van der Waals surface area contributed by atoms with E-state index < -0.39 is 0 Å². The molecule has 116 valence electrons. The second kappa shape index (κ2) is 6.93. The molecule has 0 unspecified atom stereocenters. The van der Waals surface area contributed by atoms with E-state index in [1.54, 1.807) is 35.8 Å². The minimum Gasteiger partial charge on any atom is -0.507 e. The summed E-state index contributed by atoms with van der Waals surface area (Å²) in [6, 6.07) is 15.3. The molecule has 2 aromatic carbocycles. The van der Waals surface area contributed by atoms with Gasteiger partial charge in [-0.2, -0.15) is 5.10 Å². The number of nitrogens with one attached hydrogen (secondary N) is 1. The van der Waals surface area contributed by atoms with Gasteiger partial charge in [-0.25, -0.2) is 4.98 Å². The van der Waals surface area contributed by atoms with Crippen LogP contribution in [0.3, 0.4) is 0 Å². The number of aromatic nitrogens is 1. The van der Waals surface area contributed by atoms with Gasteiger partial charge in [0.05, 0.1) is 16.4 Å². The number of thiazole rings is 1. The van der Waals surface area contributed by atoms with E-state index in [4.69, 9.17) is 0 Å². The van der Waals surface area contributed by atoms with Crippen LogP contribution >= 0.6 is 27.3 Å². The summed E-state index contributed by atoms with van der Waals surface area (Å²) in [5.74, 6) is 0.207. The molecule has 0 spiro atoms. The van der Waals surface area contributed by atoms with Gasteiger partial charge < -0.3 is 5.11 Å². The fourth-order valence-corrected chi connectivity index (χ4v) is 3.26. The van der Waals surface area contributed by atoms with Crippen LogP contribution < -0.4 is 5.43 Å². The fourth-order valence-electron chi connectivity index (χ4n) is 2.07. The van der Waals surface area contributed by atoms with E-state index in [1.165, 1.54) is 0 Å². The van der Waals surface area contributed by atoms with E-state index in [0.29, 0.717) is 4.47 Å². The highest BCUT2D eigenvalue weighted by Crippen LogP contribution is 2.30. The van der Waals surface area contributed by atoms with E-state index in [-0.39, 0.29) is 5.75 Å². The van der Waals surface area contributed by atoms with E-state index in [0.717, 1.165) is 26.8 Å². The Labute approximate surface area is 146 Å². The van der Waals surface area contributed by atoms with Crippen molar-refractivity contribution in [2.24, 2.45) is 5.10 Å². The number of phenolic OH excluding ortho intramolecular Hbond substituents is 1. The van der Waals surface area contributed by atoms with Crippen LogP contribution in [0.5, 0.6) is 5.75 Å². The standard InChI is InChI=1S/C17H14BrN3OS/c1-11-16(13-5-3-2-4-6-13)20-17(23-11)21-19-10-12-7-8-15(22)14(18)9-12/h2-10,22H,1H3,(H,20,21)/b19-10-. The van der Waals surface area contributed by atoms with Crippen molar-refractivity contribution in [3.63, 3.8) is 0 Å². The highest BCUT2D eigenvalue weighted by molar-refractivity contribution is 9.10. The van der Waals surface area contributed by atoms with Crippen LogP contribution in [0.1, 0.15) is 10.4 Å². The molecule has 1 aromatic heterocycles. The van der Waals surface area contributed by atoms with Crippen molar-refractivity contribution in [1.29, 1.82) is 0 Å². The maximum absolute atomic E-state index is 9.47. The number of hydrazone groups is 1. The van der Waals surface area contributed by atoms with Crippen molar-refractivity contribution in [3.8, 4) is 17.0 Å². The van der Waals surface area contributed by atoms with Crippen molar-refractivity contribution in [3.05, 3.63) is 63.4 Å². The Morgan fingerprint density at radius 3 is 2.74 bits per heavy atom. The first kappa shape index (κ1) is 15.7. The number of aromatic hydroxyl groups is 1. The second-order valence-electron chi connectivity index (χ2n) is 4.87. The molecule has 6 heteroatoms. The molecule has 23 heavy (non-hydrogen) atoms. The zero-order valence-corrected chi connectivity index (χ0v) is 14.7. The lowest BCUT2D eigenvalue weighted by Crippen LogP contribution is -1.90. The Bertz CT molecular complexity index is 846. The zero-order chi connectivity index (χ0) is 16.2. The average Bonchev–Trinajstić information content (AvgIpc) is 2.92. The quantitative estimate of drug-likeness (QED) is 0.487. The summed E-state index contributed by atoms with van der Waals surface area (Å²) >= 11 is 4.84. The van der Waals surface area contributed by atoms with Crippen molar-refractivity contribution in [2.45, 2.75) is 6.92 Å². The third-order valence-electron chi connectivity index (χ3n) is 3.19. The van der Waals surface area contributed by atoms with E-state index in [2.05, 4.69) is 31.4 Å². The average molecular weight is 388 g/mol. The molecule has 3 rings (SSSR count). The third-order valence-corrected chi connectivity index (χ3v) is 4.70. The largest absolute Gasteiger partial charge is 0.507 e. The number of hydrogen-bond acceptors (Lipinski definition) is 5. The van der Waals surface area contributed by atoms with Gasteiger partial charge in [0.2, 0.25) is 5.13 Å². The predicted molar refractivity (Wildman–Crippen MR) is 99.3 cm³/mol. The van der Waals surface area contributed by atoms with Gasteiger partial charge in [0.1, 0.15) is 5.75 Å². The van der Waals surface area contributed by atoms with Crippen LogP contribution in [0.4, 0.5) is 5.13 Å². The highest BCUT2D eigenvalue weighted by atomic mass is 79.9. The first-order chi connectivity index (χ1) is 11.1. The summed E-state index contributed by atoms with van der Waals surface area (Å²) in [5, 5.41) is 14.4.